The van der Waals surface area contributed by atoms with E-state index in [-0.39, 0.29) is 117 Å². The van der Waals surface area contributed by atoms with Crippen LogP contribution in [0, 0.1) is 13.8 Å². The van der Waals surface area contributed by atoms with Crippen molar-refractivity contribution in [2.45, 2.75) is 63.3 Å². The third-order valence-electron chi connectivity index (χ3n) is 12.8. The van der Waals surface area contributed by atoms with E-state index in [9.17, 15) is 62.4 Å². The number of rotatable bonds is 26. The number of carboxylic acids is 4. The van der Waals surface area contributed by atoms with Crippen LogP contribution in [-0.4, -0.2) is 207 Å². The average Bonchev–Trinajstić information content (AvgIpc) is 3.34. The zero-order valence-corrected chi connectivity index (χ0v) is 43.3. The molecule has 0 radical (unpaired) electrons. The third kappa shape index (κ3) is 19.8. The molecule has 0 aliphatic carbocycles. The predicted molar refractivity (Wildman–Crippen MR) is 274 cm³/mol. The molecule has 0 saturated carbocycles. The average molecular weight is 1070 g/mol. The molecule has 3 heterocycles. The Balaban J connectivity index is 1.03. The lowest BCUT2D eigenvalue weighted by molar-refractivity contribution is -0.912. The highest BCUT2D eigenvalue weighted by Gasteiger charge is 2.34. The van der Waals surface area contributed by atoms with E-state index in [1.807, 2.05) is 18.2 Å². The summed E-state index contributed by atoms with van der Waals surface area (Å²) < 4.78 is 35.0. The van der Waals surface area contributed by atoms with Gasteiger partial charge in [0.2, 0.25) is 15.9 Å². The summed E-state index contributed by atoms with van der Waals surface area (Å²) in [6.45, 7) is 4.51. The number of hydrogen-bond acceptors (Lipinski definition) is 15. The summed E-state index contributed by atoms with van der Waals surface area (Å²) in [5.41, 5.74) is 3.97. The summed E-state index contributed by atoms with van der Waals surface area (Å²) in [6, 6.07) is 12.3. The lowest BCUT2D eigenvalue weighted by Gasteiger charge is -2.39. The lowest BCUT2D eigenvalue weighted by Crippen LogP contribution is -2.61. The van der Waals surface area contributed by atoms with Gasteiger partial charge in [-0.2, -0.15) is 4.72 Å². The van der Waals surface area contributed by atoms with Gasteiger partial charge in [-0.1, -0.05) is 18.2 Å². The molecule has 3 aromatic rings. The molecule has 2 aliphatic heterocycles. The van der Waals surface area contributed by atoms with E-state index in [2.05, 4.69) is 37.4 Å². The Hall–Kier alpha value is -6.77. The summed E-state index contributed by atoms with van der Waals surface area (Å²) in [4.78, 5) is 94.0. The standard InChI is InChI=1S/C50H70N10O14S/c1-34-27-40(28-35(2)47(34)75(72,73)57-41(50(70)71)29-55-49(69)38-10-7-36(8-11-38)9-13-39-14-12-37-5-3-15-54-48(37)56-39)74-26-4-6-42(61)52-16-17-53-43(62)32-60(33-46(67)68)24-19-51-18-20-58(30-44(63)64)21-22-59(23-25-60)31-45(65)66/h7-8,10-12,14,27-28,41,51,57H,3-6,9,13,15-26,29-33H2,1-2H3,(H7-,52,53,54,55,56,61,62,63,64,65,66,67,68,69,70,71)/p+1/t41?,60-/m0/s1. The number of quaternary nitrogens is 1. The number of carboxylic acid groups (broad SMARTS) is 4. The van der Waals surface area contributed by atoms with Gasteiger partial charge in [0.05, 0.1) is 37.7 Å². The van der Waals surface area contributed by atoms with Crippen molar-refractivity contribution in [3.63, 3.8) is 0 Å². The van der Waals surface area contributed by atoms with E-state index in [1.54, 1.807) is 21.9 Å². The van der Waals surface area contributed by atoms with Gasteiger partial charge in [0.15, 0.2) is 13.1 Å². The van der Waals surface area contributed by atoms with Crippen LogP contribution in [0.15, 0.2) is 53.4 Å². The number of sulfonamides is 1. The molecular formula is C50H71N10O14S+. The minimum atomic E-state index is -4.41. The maximum atomic E-state index is 13.6. The Morgan fingerprint density at radius 3 is 2.08 bits per heavy atom. The van der Waals surface area contributed by atoms with Crippen LogP contribution in [0.2, 0.25) is 0 Å². The molecule has 1 fully saturated rings. The second-order valence-electron chi connectivity index (χ2n) is 18.9. The molecule has 410 valence electrons. The van der Waals surface area contributed by atoms with Crippen molar-refractivity contribution in [2.75, 3.05) is 117 Å². The lowest BCUT2D eigenvalue weighted by atomic mass is 10.0. The quantitative estimate of drug-likeness (QED) is 0.0364. The SMILES string of the molecule is Cc1cc(OCCCC(=O)NCCNC(=O)C[N@+]2(CC(=O)O)CCNCCN(CC(=O)O)CCN(CC(=O)O)CC2)cc(C)c1S(=O)(=O)NC(CNC(=O)c1ccc(CCc2ccc3c(n2)NCCC3)cc1)C(=O)O. The molecule has 2 atom stereocenters. The molecule has 5 rings (SSSR count). The van der Waals surface area contributed by atoms with E-state index in [1.165, 1.54) is 31.5 Å². The van der Waals surface area contributed by atoms with Crippen molar-refractivity contribution in [3.8, 4) is 5.75 Å². The largest absolute Gasteiger partial charge is 0.494 e. The number of aromatic nitrogens is 1. The second kappa shape index (κ2) is 28.8. The first-order valence-electron chi connectivity index (χ1n) is 25.0. The Morgan fingerprint density at radius 2 is 1.43 bits per heavy atom. The second-order valence-corrected chi connectivity index (χ2v) is 20.5. The Morgan fingerprint density at radius 1 is 0.760 bits per heavy atom. The van der Waals surface area contributed by atoms with Crippen LogP contribution in [0.25, 0.3) is 0 Å². The van der Waals surface area contributed by atoms with E-state index in [4.69, 9.17) is 9.72 Å². The van der Waals surface area contributed by atoms with E-state index in [0.717, 1.165) is 36.5 Å². The summed E-state index contributed by atoms with van der Waals surface area (Å²) in [5, 5.41) is 53.1. The zero-order chi connectivity index (χ0) is 54.5. The number of aliphatic carboxylic acids is 4. The molecule has 1 unspecified atom stereocenters. The van der Waals surface area contributed by atoms with E-state index in [0.29, 0.717) is 38.2 Å². The zero-order valence-electron chi connectivity index (χ0n) is 42.5. The highest BCUT2D eigenvalue weighted by Crippen LogP contribution is 2.27. The number of carbonyl (C=O) groups excluding carboxylic acids is 3. The van der Waals surface area contributed by atoms with Crippen molar-refractivity contribution in [1.82, 2.24) is 40.8 Å². The number of fused-ring (bicyclic) bond motifs is 1. The van der Waals surface area contributed by atoms with Crippen LogP contribution >= 0.6 is 0 Å². The maximum Gasteiger partial charge on any atom is 0.359 e. The number of amides is 3. The first-order valence-corrected chi connectivity index (χ1v) is 26.5. The summed E-state index contributed by atoms with van der Waals surface area (Å²) >= 11 is 0. The number of nitrogens with one attached hydrogen (secondary N) is 6. The molecule has 2 aliphatic rings. The number of benzene rings is 2. The van der Waals surface area contributed by atoms with Crippen molar-refractivity contribution in [2.24, 2.45) is 0 Å². The number of carbonyl (C=O) groups is 7. The van der Waals surface area contributed by atoms with Gasteiger partial charge in [-0.15, -0.1) is 0 Å². The van der Waals surface area contributed by atoms with Gasteiger partial charge in [-0.05, 0) is 98.5 Å². The van der Waals surface area contributed by atoms with Crippen molar-refractivity contribution >= 4 is 57.4 Å². The normalized spacial score (nSPS) is 17.1. The number of hydrogen-bond donors (Lipinski definition) is 10. The smallest absolute Gasteiger partial charge is 0.359 e. The fraction of sp³-hybridized carbons (Fsp3) is 0.520. The van der Waals surface area contributed by atoms with Crippen LogP contribution < -0.4 is 36.0 Å². The van der Waals surface area contributed by atoms with Gasteiger partial charge in [0.1, 0.15) is 17.6 Å². The van der Waals surface area contributed by atoms with Crippen LogP contribution in [0.3, 0.4) is 0 Å². The molecular weight excluding hydrogens is 997 g/mol. The Labute approximate surface area is 436 Å². The van der Waals surface area contributed by atoms with Gasteiger partial charge in [0, 0.05) is 83.1 Å². The van der Waals surface area contributed by atoms with Crippen LogP contribution in [0.5, 0.6) is 5.75 Å². The fourth-order valence-electron chi connectivity index (χ4n) is 9.03. The molecule has 2 aromatic carbocycles. The van der Waals surface area contributed by atoms with Crippen LogP contribution in [0.1, 0.15) is 57.6 Å². The minimum absolute atomic E-state index is 0.0458. The molecule has 0 spiro atoms. The topological polar surface area (TPSA) is 335 Å². The fourth-order valence-corrected chi connectivity index (χ4v) is 10.7. The van der Waals surface area contributed by atoms with E-state index < -0.39 is 64.8 Å². The van der Waals surface area contributed by atoms with Gasteiger partial charge < -0.3 is 56.2 Å². The molecule has 24 nitrogen and oxygen atoms in total. The number of anilines is 1. The molecule has 1 aromatic heterocycles. The Bertz CT molecular complexity index is 2580. The van der Waals surface area contributed by atoms with Crippen LogP contribution in [0.4, 0.5) is 5.82 Å². The maximum absolute atomic E-state index is 13.6. The van der Waals surface area contributed by atoms with Gasteiger partial charge >= 0.3 is 23.9 Å². The number of aryl methyl sites for hydroxylation is 5. The molecule has 1 saturated heterocycles. The minimum Gasteiger partial charge on any atom is -0.494 e. The van der Waals surface area contributed by atoms with Crippen molar-refractivity contribution in [1.29, 1.82) is 0 Å². The Kier molecular flexibility index (Phi) is 22.7. The van der Waals surface area contributed by atoms with Crippen LogP contribution in [-0.2, 0) is 58.1 Å². The molecule has 0 bridgehead atoms. The predicted octanol–water partition coefficient (Wildman–Crippen LogP) is -0.328. The van der Waals surface area contributed by atoms with Crippen molar-refractivity contribution < 1.29 is 71.6 Å². The number of nitrogens with zero attached hydrogens (tertiary/aromatic N) is 4. The summed E-state index contributed by atoms with van der Waals surface area (Å²) in [5.74, 6) is -4.86. The molecule has 25 heteroatoms. The summed E-state index contributed by atoms with van der Waals surface area (Å²) in [6.07, 6.45) is 3.82. The monoisotopic (exact) mass is 1070 g/mol. The van der Waals surface area contributed by atoms with Crippen molar-refractivity contribution in [3.05, 3.63) is 82.0 Å². The number of ether oxygens (including phenoxy) is 1. The van der Waals surface area contributed by atoms with Gasteiger partial charge in [-0.25, -0.2) is 18.2 Å². The number of pyridine rings is 1. The summed E-state index contributed by atoms with van der Waals surface area (Å²) in [7, 11) is -4.41. The first-order chi connectivity index (χ1) is 35.7. The molecule has 10 N–H and O–H groups in total. The highest BCUT2D eigenvalue weighted by molar-refractivity contribution is 7.89. The van der Waals surface area contributed by atoms with Gasteiger partial charge in [0.25, 0.3) is 11.8 Å². The first kappa shape index (κ1) is 59.1. The third-order valence-corrected chi connectivity index (χ3v) is 14.6. The van der Waals surface area contributed by atoms with Gasteiger partial charge in [-0.3, -0.25) is 38.6 Å². The molecule has 75 heavy (non-hydrogen) atoms. The highest BCUT2D eigenvalue weighted by atomic mass is 32.2. The molecule has 3 amide bonds. The van der Waals surface area contributed by atoms with E-state index >= 15 is 0 Å².